The predicted molar refractivity (Wildman–Crippen MR) is 128 cm³/mol. The van der Waals surface area contributed by atoms with Crippen molar-refractivity contribution in [2.45, 2.75) is 45.6 Å². The number of anilines is 1. The number of sulfonamides is 1. The van der Waals surface area contributed by atoms with E-state index in [0.29, 0.717) is 5.69 Å². The highest BCUT2D eigenvalue weighted by Crippen LogP contribution is 2.15. The van der Waals surface area contributed by atoms with Crippen molar-refractivity contribution < 1.29 is 18.0 Å². The largest absolute Gasteiger partial charge is 0.391 e. The summed E-state index contributed by atoms with van der Waals surface area (Å²) in [6.07, 6.45) is 1.79. The summed E-state index contributed by atoms with van der Waals surface area (Å²) in [4.78, 5) is 29.8. The number of carbonyl (C=O) groups excluding carboxylic acids is 1. The van der Waals surface area contributed by atoms with Crippen LogP contribution in [0.3, 0.4) is 0 Å². The number of aromatic nitrogens is 1. The number of aryl methyl sites for hydroxylation is 2. The Morgan fingerprint density at radius 2 is 1.82 bits per heavy atom. The maximum atomic E-state index is 12.8. The minimum atomic E-state index is -3.97. The molecular formula is C21H32N6O5S. The Kier molecular flexibility index (Phi) is 10.4. The molecule has 0 unspecified atom stereocenters. The molecule has 1 heterocycles. The minimum Gasteiger partial charge on any atom is -0.391 e. The van der Waals surface area contributed by atoms with Crippen molar-refractivity contribution >= 4 is 27.6 Å². The third-order valence-corrected chi connectivity index (χ3v) is 5.78. The Balaban J connectivity index is 0.00000544. The molecule has 0 fully saturated rings. The summed E-state index contributed by atoms with van der Waals surface area (Å²) in [5.41, 5.74) is 11.0. The van der Waals surface area contributed by atoms with E-state index in [1.807, 2.05) is 6.92 Å². The van der Waals surface area contributed by atoms with E-state index in [0.717, 1.165) is 18.4 Å². The van der Waals surface area contributed by atoms with E-state index in [2.05, 4.69) is 15.2 Å². The first-order valence-electron chi connectivity index (χ1n) is 9.94. The molecule has 0 aliphatic heterocycles. The fourth-order valence-electron chi connectivity index (χ4n) is 2.83. The SMILES string of the molecule is C.CCCc1ccc(S(=O)(=O)Nc2ccc(C)n(CC(=O)NCCON=C(N)N)c2=O)cc1. The number of hydrogen-bond donors (Lipinski definition) is 4. The molecule has 2 aromatic rings. The molecule has 0 bridgehead atoms. The van der Waals surface area contributed by atoms with E-state index < -0.39 is 21.5 Å². The molecule has 1 aromatic heterocycles. The van der Waals surface area contributed by atoms with Crippen LogP contribution in [0.15, 0.2) is 51.2 Å². The van der Waals surface area contributed by atoms with Crippen molar-refractivity contribution in [3.05, 3.63) is 58.0 Å². The van der Waals surface area contributed by atoms with E-state index in [9.17, 15) is 18.0 Å². The number of nitrogens with two attached hydrogens (primary N) is 2. The van der Waals surface area contributed by atoms with Crippen molar-refractivity contribution in [3.8, 4) is 0 Å². The molecule has 0 aliphatic carbocycles. The van der Waals surface area contributed by atoms with Gasteiger partial charge >= 0.3 is 0 Å². The third-order valence-electron chi connectivity index (χ3n) is 4.40. The van der Waals surface area contributed by atoms with E-state index in [4.69, 9.17) is 16.3 Å². The first-order valence-corrected chi connectivity index (χ1v) is 11.4. The Bertz CT molecular complexity index is 1120. The first-order chi connectivity index (χ1) is 15.1. The standard InChI is InChI=1S/C20H28N6O5S.CH4/c1-3-4-15-6-8-16(9-7-15)32(29,30)25-17-10-5-14(2)26(19(17)28)13-18(27)23-11-12-31-24-20(21)22;/h5-10,25H,3-4,11-13H2,1-2H3,(H,23,27)(H4,21,22,24);1H4. The van der Waals surface area contributed by atoms with Gasteiger partial charge in [-0.3, -0.25) is 14.3 Å². The quantitative estimate of drug-likeness (QED) is 0.160. The molecule has 6 N–H and O–H groups in total. The average molecular weight is 481 g/mol. The number of oxime groups is 1. The maximum Gasteiger partial charge on any atom is 0.275 e. The number of nitrogens with zero attached hydrogens (tertiary/aromatic N) is 2. The van der Waals surface area contributed by atoms with E-state index >= 15 is 0 Å². The zero-order valence-corrected chi connectivity index (χ0v) is 18.8. The summed E-state index contributed by atoms with van der Waals surface area (Å²) < 4.78 is 28.9. The molecule has 0 aliphatic rings. The van der Waals surface area contributed by atoms with Gasteiger partial charge < -0.3 is 26.2 Å². The molecule has 12 heteroatoms. The van der Waals surface area contributed by atoms with Crippen LogP contribution in [0.4, 0.5) is 5.69 Å². The molecule has 0 spiro atoms. The van der Waals surface area contributed by atoms with Crippen molar-refractivity contribution in [1.82, 2.24) is 9.88 Å². The van der Waals surface area contributed by atoms with Gasteiger partial charge in [-0.2, -0.15) is 0 Å². The monoisotopic (exact) mass is 480 g/mol. The van der Waals surface area contributed by atoms with Crippen LogP contribution in [0.5, 0.6) is 0 Å². The molecule has 182 valence electrons. The molecule has 11 nitrogen and oxygen atoms in total. The molecule has 0 atom stereocenters. The number of nitrogens with one attached hydrogen (secondary N) is 2. The van der Waals surface area contributed by atoms with Crippen LogP contribution < -0.4 is 27.1 Å². The van der Waals surface area contributed by atoms with Crippen molar-refractivity contribution in [2.75, 3.05) is 17.9 Å². The number of hydrogen-bond acceptors (Lipinski definition) is 6. The number of carbonyl (C=O) groups is 1. The number of benzene rings is 1. The Morgan fingerprint density at radius 1 is 1.15 bits per heavy atom. The van der Waals surface area contributed by atoms with Gasteiger partial charge in [0.1, 0.15) is 18.8 Å². The van der Waals surface area contributed by atoms with Crippen molar-refractivity contribution in [3.63, 3.8) is 0 Å². The highest BCUT2D eigenvalue weighted by atomic mass is 32.2. The lowest BCUT2D eigenvalue weighted by atomic mass is 10.1. The lowest BCUT2D eigenvalue weighted by molar-refractivity contribution is -0.122. The summed E-state index contributed by atoms with van der Waals surface area (Å²) in [6.45, 7) is 3.53. The van der Waals surface area contributed by atoms with Crippen LogP contribution in [-0.2, 0) is 32.6 Å². The van der Waals surface area contributed by atoms with E-state index in [-0.39, 0.29) is 43.7 Å². The number of guanidine groups is 1. The van der Waals surface area contributed by atoms with Crippen molar-refractivity contribution in [1.29, 1.82) is 0 Å². The second-order valence-corrected chi connectivity index (χ2v) is 8.66. The molecule has 0 saturated carbocycles. The molecule has 2 rings (SSSR count). The number of pyridine rings is 1. The summed E-state index contributed by atoms with van der Waals surface area (Å²) in [5, 5.41) is 5.87. The van der Waals surface area contributed by atoms with Crippen LogP contribution in [0.2, 0.25) is 0 Å². The maximum absolute atomic E-state index is 12.8. The summed E-state index contributed by atoms with van der Waals surface area (Å²) in [5.74, 6) is -0.704. The van der Waals surface area contributed by atoms with E-state index in [1.165, 1.54) is 22.8 Å². The number of amides is 1. The lowest BCUT2D eigenvalue weighted by Crippen LogP contribution is -2.36. The van der Waals surface area contributed by atoms with Crippen LogP contribution in [0, 0.1) is 6.92 Å². The molecular weight excluding hydrogens is 448 g/mol. The minimum absolute atomic E-state index is 0. The highest BCUT2D eigenvalue weighted by Gasteiger charge is 2.18. The first kappa shape index (κ1) is 27.5. The molecule has 33 heavy (non-hydrogen) atoms. The fraction of sp³-hybridized carbons (Fsp3) is 0.381. The van der Waals surface area contributed by atoms with Crippen molar-refractivity contribution in [2.24, 2.45) is 16.6 Å². The van der Waals surface area contributed by atoms with Crippen LogP contribution in [0.1, 0.15) is 32.0 Å². The Labute approximate surface area is 193 Å². The fourth-order valence-corrected chi connectivity index (χ4v) is 3.89. The van der Waals surface area contributed by atoms with Gasteiger partial charge in [-0.1, -0.05) is 32.9 Å². The molecule has 0 radical (unpaired) electrons. The predicted octanol–water partition coefficient (Wildman–Crippen LogP) is 0.867. The van der Waals surface area contributed by atoms with Gasteiger partial charge in [-0.15, -0.1) is 0 Å². The zero-order chi connectivity index (χ0) is 23.7. The zero-order valence-electron chi connectivity index (χ0n) is 18.0. The summed E-state index contributed by atoms with van der Waals surface area (Å²) in [6, 6.07) is 9.41. The van der Waals surface area contributed by atoms with Gasteiger partial charge in [0.05, 0.1) is 11.4 Å². The molecule has 1 amide bonds. The van der Waals surface area contributed by atoms with Gasteiger partial charge in [0.15, 0.2) is 0 Å². The van der Waals surface area contributed by atoms with E-state index in [1.54, 1.807) is 25.1 Å². The summed E-state index contributed by atoms with van der Waals surface area (Å²) >= 11 is 0. The second-order valence-electron chi connectivity index (χ2n) is 6.98. The smallest absolute Gasteiger partial charge is 0.275 e. The lowest BCUT2D eigenvalue weighted by Gasteiger charge is -2.13. The van der Waals surface area contributed by atoms with Gasteiger partial charge in [-0.25, -0.2) is 8.42 Å². The van der Waals surface area contributed by atoms with Gasteiger partial charge in [0.2, 0.25) is 11.9 Å². The summed E-state index contributed by atoms with van der Waals surface area (Å²) in [7, 11) is -3.97. The van der Waals surface area contributed by atoms with Crippen LogP contribution in [0.25, 0.3) is 0 Å². The molecule has 0 saturated heterocycles. The second kappa shape index (κ2) is 12.5. The third kappa shape index (κ3) is 8.15. The topological polar surface area (TPSA) is 171 Å². The Hall–Kier alpha value is -3.54. The number of rotatable bonds is 11. The highest BCUT2D eigenvalue weighted by molar-refractivity contribution is 7.92. The van der Waals surface area contributed by atoms with Gasteiger partial charge in [0.25, 0.3) is 15.6 Å². The van der Waals surface area contributed by atoms with Crippen LogP contribution in [-0.4, -0.2) is 38.0 Å². The average Bonchev–Trinajstić information content (AvgIpc) is 2.73. The Morgan fingerprint density at radius 3 is 2.42 bits per heavy atom. The normalized spacial score (nSPS) is 10.6. The van der Waals surface area contributed by atoms with Gasteiger partial charge in [0, 0.05) is 5.69 Å². The van der Waals surface area contributed by atoms with Crippen LogP contribution >= 0.6 is 0 Å². The van der Waals surface area contributed by atoms with Gasteiger partial charge in [-0.05, 0) is 48.3 Å². The molecule has 1 aromatic carbocycles.